The summed E-state index contributed by atoms with van der Waals surface area (Å²) >= 11 is 0. The van der Waals surface area contributed by atoms with Crippen LogP contribution in [0.1, 0.15) is 37.8 Å². The Hall–Kier alpha value is -0.820. The van der Waals surface area contributed by atoms with Crippen molar-refractivity contribution >= 4 is 0 Å². The lowest BCUT2D eigenvalue weighted by Crippen LogP contribution is -2.19. The van der Waals surface area contributed by atoms with Crippen LogP contribution < -0.4 is 5.73 Å². The van der Waals surface area contributed by atoms with Crippen molar-refractivity contribution < 1.29 is 0 Å². The van der Waals surface area contributed by atoms with Crippen LogP contribution in [0.25, 0.3) is 0 Å². The van der Waals surface area contributed by atoms with Gasteiger partial charge in [-0.3, -0.25) is 0 Å². The average Bonchev–Trinajstić information content (AvgIpc) is 2.65. The molecule has 0 amide bonds. The van der Waals surface area contributed by atoms with E-state index in [9.17, 15) is 0 Å². The second-order valence-corrected chi connectivity index (χ2v) is 4.61. The first kappa shape index (κ1) is 9.72. The molecule has 2 rings (SSSR count). The molecule has 0 radical (unpaired) electrons. The Morgan fingerprint density at radius 2 is 1.93 bits per heavy atom. The maximum atomic E-state index is 6.26. The molecule has 14 heavy (non-hydrogen) atoms. The van der Waals surface area contributed by atoms with Crippen molar-refractivity contribution in [3.63, 3.8) is 0 Å². The van der Waals surface area contributed by atoms with Crippen LogP contribution in [0.15, 0.2) is 30.3 Å². The third-order valence-corrected chi connectivity index (χ3v) is 3.43. The summed E-state index contributed by atoms with van der Waals surface area (Å²) in [6, 6.07) is 10.7. The zero-order valence-corrected chi connectivity index (χ0v) is 8.82. The van der Waals surface area contributed by atoms with Gasteiger partial charge in [0, 0.05) is 6.04 Å². The molecule has 3 unspecified atom stereocenters. The maximum absolute atomic E-state index is 6.26. The van der Waals surface area contributed by atoms with Crippen LogP contribution in [-0.2, 0) is 0 Å². The Morgan fingerprint density at radius 3 is 2.50 bits per heavy atom. The van der Waals surface area contributed by atoms with Gasteiger partial charge in [0.15, 0.2) is 0 Å². The highest BCUT2D eigenvalue weighted by Crippen LogP contribution is 2.37. The zero-order valence-electron chi connectivity index (χ0n) is 8.82. The summed E-state index contributed by atoms with van der Waals surface area (Å²) in [4.78, 5) is 0. The number of hydrogen-bond acceptors (Lipinski definition) is 1. The largest absolute Gasteiger partial charge is 0.324 e. The summed E-state index contributed by atoms with van der Waals surface area (Å²) in [5.74, 6) is 1.57. The molecule has 0 bridgehead atoms. The van der Waals surface area contributed by atoms with E-state index >= 15 is 0 Å². The SMILES string of the molecule is CC1CCC(C(N)c2ccccc2)C1. The molecular weight excluding hydrogens is 170 g/mol. The van der Waals surface area contributed by atoms with Crippen LogP contribution in [0.4, 0.5) is 0 Å². The van der Waals surface area contributed by atoms with Gasteiger partial charge in [0.1, 0.15) is 0 Å². The van der Waals surface area contributed by atoms with Crippen molar-refractivity contribution in [1.82, 2.24) is 0 Å². The van der Waals surface area contributed by atoms with Gasteiger partial charge in [-0.1, -0.05) is 43.7 Å². The van der Waals surface area contributed by atoms with E-state index in [1.807, 2.05) is 6.07 Å². The third-order valence-electron chi connectivity index (χ3n) is 3.43. The highest BCUT2D eigenvalue weighted by molar-refractivity contribution is 5.19. The minimum Gasteiger partial charge on any atom is -0.324 e. The van der Waals surface area contributed by atoms with E-state index in [1.165, 1.54) is 24.8 Å². The van der Waals surface area contributed by atoms with Gasteiger partial charge in [-0.05, 0) is 30.2 Å². The number of rotatable bonds is 2. The monoisotopic (exact) mass is 189 g/mol. The van der Waals surface area contributed by atoms with E-state index in [2.05, 4.69) is 31.2 Å². The first-order valence-corrected chi connectivity index (χ1v) is 5.58. The quantitative estimate of drug-likeness (QED) is 0.760. The summed E-state index contributed by atoms with van der Waals surface area (Å²) in [5, 5.41) is 0. The summed E-state index contributed by atoms with van der Waals surface area (Å²) in [6.45, 7) is 2.33. The summed E-state index contributed by atoms with van der Waals surface area (Å²) in [5.41, 5.74) is 7.56. The summed E-state index contributed by atoms with van der Waals surface area (Å²) in [7, 11) is 0. The van der Waals surface area contributed by atoms with E-state index in [0.29, 0.717) is 5.92 Å². The van der Waals surface area contributed by atoms with Gasteiger partial charge in [-0.25, -0.2) is 0 Å². The fraction of sp³-hybridized carbons (Fsp3) is 0.538. The Balaban J connectivity index is 2.05. The first-order valence-electron chi connectivity index (χ1n) is 5.58. The lowest BCUT2D eigenvalue weighted by molar-refractivity contribution is 0.429. The minimum absolute atomic E-state index is 0.251. The molecule has 0 spiro atoms. The van der Waals surface area contributed by atoms with Crippen molar-refractivity contribution in [2.24, 2.45) is 17.6 Å². The van der Waals surface area contributed by atoms with Crippen LogP contribution in [0.3, 0.4) is 0 Å². The molecule has 1 nitrogen and oxygen atoms in total. The first-order chi connectivity index (χ1) is 6.77. The zero-order chi connectivity index (χ0) is 9.97. The molecule has 1 aliphatic rings. The van der Waals surface area contributed by atoms with E-state index in [-0.39, 0.29) is 6.04 Å². The Morgan fingerprint density at radius 1 is 1.21 bits per heavy atom. The smallest absolute Gasteiger partial charge is 0.0323 e. The van der Waals surface area contributed by atoms with Crippen molar-refractivity contribution in [3.05, 3.63) is 35.9 Å². The van der Waals surface area contributed by atoms with Gasteiger partial charge >= 0.3 is 0 Å². The molecule has 0 heterocycles. The molecule has 2 N–H and O–H groups in total. The predicted octanol–water partition coefficient (Wildman–Crippen LogP) is 3.12. The Kier molecular flexibility index (Phi) is 2.87. The average molecular weight is 189 g/mol. The lowest BCUT2D eigenvalue weighted by Gasteiger charge is -2.19. The molecule has 76 valence electrons. The van der Waals surface area contributed by atoms with E-state index < -0.39 is 0 Å². The standard InChI is InChI=1S/C13H19N/c1-10-7-8-12(9-10)13(14)11-5-3-2-4-6-11/h2-6,10,12-13H,7-9,14H2,1H3. The molecule has 0 saturated heterocycles. The molecule has 1 saturated carbocycles. The Labute approximate surface area is 86.3 Å². The van der Waals surface area contributed by atoms with E-state index in [0.717, 1.165) is 5.92 Å². The van der Waals surface area contributed by atoms with Crippen LogP contribution in [0.2, 0.25) is 0 Å². The van der Waals surface area contributed by atoms with Gasteiger partial charge < -0.3 is 5.73 Å². The minimum atomic E-state index is 0.251. The van der Waals surface area contributed by atoms with Gasteiger partial charge in [-0.15, -0.1) is 0 Å². The van der Waals surface area contributed by atoms with Crippen LogP contribution in [0, 0.1) is 11.8 Å². The maximum Gasteiger partial charge on any atom is 0.0323 e. The Bertz CT molecular complexity index is 281. The fourth-order valence-corrected chi connectivity index (χ4v) is 2.52. The number of hydrogen-bond donors (Lipinski definition) is 1. The van der Waals surface area contributed by atoms with Crippen molar-refractivity contribution in [2.75, 3.05) is 0 Å². The third kappa shape index (κ3) is 1.98. The summed E-state index contributed by atoms with van der Waals surface area (Å²) in [6.07, 6.45) is 3.96. The van der Waals surface area contributed by atoms with Gasteiger partial charge in [0.05, 0.1) is 0 Å². The van der Waals surface area contributed by atoms with Crippen molar-refractivity contribution in [2.45, 2.75) is 32.2 Å². The van der Waals surface area contributed by atoms with Crippen molar-refractivity contribution in [3.8, 4) is 0 Å². The highest BCUT2D eigenvalue weighted by atomic mass is 14.7. The number of benzene rings is 1. The number of nitrogens with two attached hydrogens (primary N) is 1. The molecule has 3 atom stereocenters. The van der Waals surface area contributed by atoms with Gasteiger partial charge in [0.2, 0.25) is 0 Å². The predicted molar refractivity (Wildman–Crippen MR) is 59.9 cm³/mol. The molecule has 1 fully saturated rings. The normalized spacial score (nSPS) is 29.0. The topological polar surface area (TPSA) is 26.0 Å². The van der Waals surface area contributed by atoms with Crippen LogP contribution >= 0.6 is 0 Å². The lowest BCUT2D eigenvalue weighted by atomic mass is 9.92. The molecule has 1 heteroatoms. The fourth-order valence-electron chi connectivity index (χ4n) is 2.52. The summed E-state index contributed by atoms with van der Waals surface area (Å²) < 4.78 is 0. The van der Waals surface area contributed by atoms with Crippen molar-refractivity contribution in [1.29, 1.82) is 0 Å². The molecular formula is C13H19N. The van der Waals surface area contributed by atoms with Gasteiger partial charge in [0.25, 0.3) is 0 Å². The van der Waals surface area contributed by atoms with Crippen LogP contribution in [0.5, 0.6) is 0 Å². The van der Waals surface area contributed by atoms with Crippen LogP contribution in [-0.4, -0.2) is 0 Å². The molecule has 1 aromatic carbocycles. The molecule has 0 aromatic heterocycles. The van der Waals surface area contributed by atoms with Gasteiger partial charge in [-0.2, -0.15) is 0 Å². The molecule has 1 aliphatic carbocycles. The second kappa shape index (κ2) is 4.14. The molecule has 0 aliphatic heterocycles. The molecule has 1 aromatic rings. The highest BCUT2D eigenvalue weighted by Gasteiger charge is 2.27. The van der Waals surface area contributed by atoms with E-state index in [4.69, 9.17) is 5.73 Å². The second-order valence-electron chi connectivity index (χ2n) is 4.61. The van der Waals surface area contributed by atoms with E-state index in [1.54, 1.807) is 0 Å².